The average Bonchev–Trinajstić information content (AvgIpc) is 3.08. The van der Waals surface area contributed by atoms with Gasteiger partial charge >= 0.3 is 5.69 Å². The Kier molecular flexibility index (Phi) is 4.41. The van der Waals surface area contributed by atoms with Crippen LogP contribution in [0.2, 0.25) is 0 Å². The van der Waals surface area contributed by atoms with E-state index in [1.54, 1.807) is 31.0 Å². The van der Waals surface area contributed by atoms with Gasteiger partial charge in [-0.05, 0) is 6.07 Å². The number of carbonyl (C=O) groups is 1. The number of benzene rings is 1. The Bertz CT molecular complexity index is 1070. The van der Waals surface area contributed by atoms with Gasteiger partial charge in [-0.3, -0.25) is 14.1 Å². The summed E-state index contributed by atoms with van der Waals surface area (Å²) in [4.78, 5) is 30.9. The third-order valence-electron chi connectivity index (χ3n) is 4.73. The number of hydrogen-bond donors (Lipinski definition) is 1. The van der Waals surface area contributed by atoms with Gasteiger partial charge in [0.1, 0.15) is 5.75 Å². The molecule has 1 fully saturated rings. The van der Waals surface area contributed by atoms with Crippen LogP contribution in [-0.2, 0) is 18.4 Å². The lowest BCUT2D eigenvalue weighted by Crippen LogP contribution is -2.47. The van der Waals surface area contributed by atoms with Crippen molar-refractivity contribution in [2.24, 2.45) is 7.05 Å². The van der Waals surface area contributed by atoms with Crippen LogP contribution in [0.3, 0.4) is 0 Å². The third-order valence-corrected chi connectivity index (χ3v) is 4.73. The van der Waals surface area contributed by atoms with Crippen LogP contribution in [0.5, 0.6) is 5.75 Å². The number of nitrogens with one attached hydrogen (secondary N) is 1. The largest absolute Gasteiger partial charge is 0.496 e. The van der Waals surface area contributed by atoms with E-state index in [9.17, 15) is 9.59 Å². The molecule has 0 spiro atoms. The van der Waals surface area contributed by atoms with Crippen molar-refractivity contribution >= 4 is 11.6 Å². The average molecular weight is 367 g/mol. The quantitative estimate of drug-likeness (QED) is 0.732. The molecule has 0 aliphatic carbocycles. The summed E-state index contributed by atoms with van der Waals surface area (Å²) in [6.07, 6.45) is 3.53. The van der Waals surface area contributed by atoms with Crippen LogP contribution in [0.15, 0.2) is 41.5 Å². The number of aromatic nitrogens is 3. The van der Waals surface area contributed by atoms with Gasteiger partial charge in [0.05, 0.1) is 19.3 Å². The number of nitrogens with zero attached hydrogens (tertiary/aromatic N) is 4. The number of piperazine rings is 1. The molecule has 140 valence electrons. The number of methoxy groups -OCH3 is 1. The van der Waals surface area contributed by atoms with Gasteiger partial charge in [0, 0.05) is 50.2 Å². The minimum atomic E-state index is -0.168. The van der Waals surface area contributed by atoms with Gasteiger partial charge < -0.3 is 14.6 Å². The number of para-hydroxylation sites is 1. The summed E-state index contributed by atoms with van der Waals surface area (Å²) in [5, 5.41) is 2.81. The molecule has 2 aromatic heterocycles. The van der Waals surface area contributed by atoms with E-state index in [-0.39, 0.29) is 11.6 Å². The van der Waals surface area contributed by atoms with Crippen molar-refractivity contribution in [3.8, 4) is 16.9 Å². The fourth-order valence-corrected chi connectivity index (χ4v) is 3.43. The highest BCUT2D eigenvalue weighted by Gasteiger charge is 2.19. The number of rotatable bonds is 4. The Morgan fingerprint density at radius 3 is 2.78 bits per heavy atom. The van der Waals surface area contributed by atoms with E-state index in [0.717, 1.165) is 29.1 Å². The Hall–Kier alpha value is -3.13. The van der Waals surface area contributed by atoms with Crippen LogP contribution >= 0.6 is 0 Å². The minimum Gasteiger partial charge on any atom is -0.496 e. The predicted molar refractivity (Wildman–Crippen MR) is 101 cm³/mol. The van der Waals surface area contributed by atoms with Crippen molar-refractivity contribution in [2.75, 3.05) is 26.7 Å². The van der Waals surface area contributed by atoms with Gasteiger partial charge in [0.25, 0.3) is 0 Å². The Morgan fingerprint density at radius 1 is 1.19 bits per heavy atom. The van der Waals surface area contributed by atoms with Gasteiger partial charge in [0.15, 0.2) is 5.65 Å². The van der Waals surface area contributed by atoms with E-state index in [0.29, 0.717) is 25.3 Å². The second kappa shape index (κ2) is 6.88. The van der Waals surface area contributed by atoms with Crippen molar-refractivity contribution in [1.29, 1.82) is 0 Å². The number of imidazole rings is 1. The molecular weight excluding hydrogens is 346 g/mol. The maximum Gasteiger partial charge on any atom is 0.333 e. The normalized spacial score (nSPS) is 15.1. The number of hydrogen-bond acceptors (Lipinski definition) is 5. The summed E-state index contributed by atoms with van der Waals surface area (Å²) in [6.45, 7) is 2.24. The highest BCUT2D eigenvalue weighted by atomic mass is 16.5. The maximum absolute atomic E-state index is 12.6. The maximum atomic E-state index is 12.6. The summed E-state index contributed by atoms with van der Waals surface area (Å²) >= 11 is 0. The second-order valence-electron chi connectivity index (χ2n) is 6.62. The van der Waals surface area contributed by atoms with Crippen LogP contribution < -0.4 is 15.7 Å². The lowest BCUT2D eigenvalue weighted by Gasteiger charge is -2.25. The van der Waals surface area contributed by atoms with E-state index in [1.807, 2.05) is 29.2 Å². The SMILES string of the molecule is COc1ccccc1-c1cn(C)c(=O)n2cc(CN3CCNC(=O)C3)nc12. The van der Waals surface area contributed by atoms with Crippen LogP contribution in [0, 0.1) is 0 Å². The van der Waals surface area contributed by atoms with Gasteiger partial charge in [-0.1, -0.05) is 18.2 Å². The van der Waals surface area contributed by atoms with E-state index >= 15 is 0 Å². The minimum absolute atomic E-state index is 0.00985. The molecule has 0 bridgehead atoms. The fourth-order valence-electron chi connectivity index (χ4n) is 3.43. The monoisotopic (exact) mass is 367 g/mol. The molecule has 3 aromatic rings. The molecule has 3 heterocycles. The number of amides is 1. The van der Waals surface area contributed by atoms with Crippen molar-refractivity contribution in [3.63, 3.8) is 0 Å². The first-order chi connectivity index (χ1) is 13.1. The van der Waals surface area contributed by atoms with E-state index in [4.69, 9.17) is 9.72 Å². The summed E-state index contributed by atoms with van der Waals surface area (Å²) in [5.41, 5.74) is 2.86. The van der Waals surface area contributed by atoms with E-state index in [2.05, 4.69) is 5.32 Å². The number of ether oxygens (including phenoxy) is 1. The molecule has 0 atom stereocenters. The Balaban J connectivity index is 1.81. The van der Waals surface area contributed by atoms with Gasteiger partial charge in [-0.2, -0.15) is 0 Å². The molecule has 1 aliphatic heterocycles. The number of fused-ring (bicyclic) bond motifs is 1. The van der Waals surface area contributed by atoms with Crippen LogP contribution in [0.1, 0.15) is 5.69 Å². The number of carbonyl (C=O) groups excluding carboxylic acids is 1. The third kappa shape index (κ3) is 3.19. The fraction of sp³-hybridized carbons (Fsp3) is 0.316. The standard InChI is InChI=1S/C19H21N5O3/c1-22-11-15(14-5-3-4-6-16(14)27-2)18-21-13(10-24(18)19(22)26)9-23-8-7-20-17(25)12-23/h3-6,10-11H,7-9,12H2,1-2H3,(H,20,25). The van der Waals surface area contributed by atoms with Gasteiger partial charge in [-0.15, -0.1) is 0 Å². The molecule has 8 nitrogen and oxygen atoms in total. The molecule has 0 saturated carbocycles. The van der Waals surface area contributed by atoms with Crippen LogP contribution in [-0.4, -0.2) is 51.5 Å². The summed E-state index contributed by atoms with van der Waals surface area (Å²) in [7, 11) is 3.34. The van der Waals surface area contributed by atoms with Crippen molar-refractivity contribution in [1.82, 2.24) is 24.2 Å². The Morgan fingerprint density at radius 2 is 2.00 bits per heavy atom. The Labute approximate surface area is 156 Å². The van der Waals surface area contributed by atoms with Gasteiger partial charge in [-0.25, -0.2) is 9.78 Å². The van der Waals surface area contributed by atoms with E-state index < -0.39 is 0 Å². The zero-order chi connectivity index (χ0) is 19.0. The molecule has 0 radical (unpaired) electrons. The molecule has 1 aromatic carbocycles. The van der Waals surface area contributed by atoms with Crippen molar-refractivity contribution in [3.05, 3.63) is 52.8 Å². The first-order valence-corrected chi connectivity index (χ1v) is 8.77. The molecule has 8 heteroatoms. The molecule has 4 rings (SSSR count). The molecule has 1 amide bonds. The van der Waals surface area contributed by atoms with Crippen LogP contribution in [0.4, 0.5) is 0 Å². The lowest BCUT2D eigenvalue weighted by atomic mass is 10.1. The lowest BCUT2D eigenvalue weighted by molar-refractivity contribution is -0.124. The predicted octanol–water partition coefficient (Wildman–Crippen LogP) is 0.640. The second-order valence-corrected chi connectivity index (χ2v) is 6.62. The molecule has 1 N–H and O–H groups in total. The molecule has 27 heavy (non-hydrogen) atoms. The first kappa shape index (κ1) is 17.3. The van der Waals surface area contributed by atoms with Crippen LogP contribution in [0.25, 0.3) is 16.8 Å². The van der Waals surface area contributed by atoms with Crippen molar-refractivity contribution in [2.45, 2.75) is 6.54 Å². The zero-order valence-electron chi connectivity index (χ0n) is 15.3. The topological polar surface area (TPSA) is 80.9 Å². The van der Waals surface area contributed by atoms with E-state index in [1.165, 1.54) is 4.57 Å². The highest BCUT2D eigenvalue weighted by molar-refractivity contribution is 5.81. The first-order valence-electron chi connectivity index (χ1n) is 8.77. The summed E-state index contributed by atoms with van der Waals surface area (Å²) in [6, 6.07) is 7.66. The van der Waals surface area contributed by atoms with Gasteiger partial charge in [0.2, 0.25) is 5.91 Å². The molecular formula is C19H21N5O3. The number of aryl methyl sites for hydroxylation is 1. The highest BCUT2D eigenvalue weighted by Crippen LogP contribution is 2.31. The molecule has 1 saturated heterocycles. The smallest absolute Gasteiger partial charge is 0.333 e. The molecule has 0 unspecified atom stereocenters. The molecule has 1 aliphatic rings. The summed E-state index contributed by atoms with van der Waals surface area (Å²) < 4.78 is 8.57. The zero-order valence-corrected chi connectivity index (χ0v) is 15.3. The van der Waals surface area contributed by atoms with Crippen molar-refractivity contribution < 1.29 is 9.53 Å². The summed E-state index contributed by atoms with van der Waals surface area (Å²) in [5.74, 6) is 0.728.